The minimum atomic E-state index is -0.248. The Kier molecular flexibility index (Phi) is 6.72. The predicted octanol–water partition coefficient (Wildman–Crippen LogP) is 6.68. The first kappa shape index (κ1) is 20.0. The van der Waals surface area contributed by atoms with E-state index in [-0.39, 0.29) is 5.91 Å². The average Bonchev–Trinajstić information content (AvgIpc) is 2.73. The summed E-state index contributed by atoms with van der Waals surface area (Å²) in [6.45, 7) is 4.73. The highest BCUT2D eigenvalue weighted by molar-refractivity contribution is 6.31. The van der Waals surface area contributed by atoms with E-state index in [1.807, 2.05) is 42.5 Å². The highest BCUT2D eigenvalue weighted by atomic mass is 35.5. The lowest BCUT2D eigenvalue weighted by Gasteiger charge is -2.13. The van der Waals surface area contributed by atoms with Gasteiger partial charge in [0.25, 0.3) is 5.91 Å². The summed E-state index contributed by atoms with van der Waals surface area (Å²) < 4.78 is 5.88. The smallest absolute Gasteiger partial charge is 0.259 e. The number of benzene rings is 3. The molecule has 1 N–H and O–H groups in total. The van der Waals surface area contributed by atoms with Crippen LogP contribution in [0, 0.1) is 0 Å². The van der Waals surface area contributed by atoms with Gasteiger partial charge in [0.1, 0.15) is 12.4 Å². The van der Waals surface area contributed by atoms with Gasteiger partial charge in [-0.3, -0.25) is 4.79 Å². The molecule has 0 radical (unpaired) electrons. The molecule has 144 valence electrons. The van der Waals surface area contributed by atoms with E-state index < -0.39 is 0 Å². The van der Waals surface area contributed by atoms with Gasteiger partial charge in [-0.15, -0.1) is 0 Å². The number of hydrogen-bond acceptors (Lipinski definition) is 2. The van der Waals surface area contributed by atoms with Crippen LogP contribution in [0.4, 0.5) is 5.69 Å². The van der Waals surface area contributed by atoms with Crippen LogP contribution in [0.15, 0.2) is 72.8 Å². The SMILES string of the molecule is CC[C@@H](C)c1ccc(NC(=O)c2cc(Cl)ccc2OCc2ccccc2)cc1. The maximum absolute atomic E-state index is 12.8. The molecule has 4 heteroatoms. The molecule has 0 aliphatic heterocycles. The Hall–Kier alpha value is -2.78. The van der Waals surface area contributed by atoms with Crippen LogP contribution in [0.1, 0.15) is 47.7 Å². The Morgan fingerprint density at radius 1 is 1.04 bits per heavy atom. The number of halogens is 1. The topological polar surface area (TPSA) is 38.3 Å². The second-order valence-corrected chi connectivity index (χ2v) is 7.24. The van der Waals surface area contributed by atoms with Crippen LogP contribution in [0.25, 0.3) is 0 Å². The first-order valence-corrected chi connectivity index (χ1v) is 9.82. The summed E-state index contributed by atoms with van der Waals surface area (Å²) in [5.41, 5.74) is 3.44. The molecule has 3 aromatic rings. The van der Waals surface area contributed by atoms with E-state index in [2.05, 4.69) is 31.3 Å². The number of rotatable bonds is 7. The monoisotopic (exact) mass is 393 g/mol. The molecule has 1 amide bonds. The summed E-state index contributed by atoms with van der Waals surface area (Å²) >= 11 is 6.12. The lowest BCUT2D eigenvalue weighted by atomic mass is 9.98. The van der Waals surface area contributed by atoms with E-state index in [9.17, 15) is 4.79 Å². The van der Waals surface area contributed by atoms with Gasteiger partial charge in [0.15, 0.2) is 0 Å². The van der Waals surface area contributed by atoms with E-state index in [0.717, 1.165) is 17.7 Å². The Labute approximate surface area is 171 Å². The van der Waals surface area contributed by atoms with Gasteiger partial charge in [-0.1, -0.05) is 67.9 Å². The Balaban J connectivity index is 1.74. The first-order chi connectivity index (χ1) is 13.6. The molecule has 0 heterocycles. The van der Waals surface area contributed by atoms with Gasteiger partial charge < -0.3 is 10.1 Å². The molecule has 0 aliphatic rings. The zero-order chi connectivity index (χ0) is 19.9. The van der Waals surface area contributed by atoms with Crippen molar-refractivity contribution in [2.75, 3.05) is 5.32 Å². The zero-order valence-corrected chi connectivity index (χ0v) is 16.9. The van der Waals surface area contributed by atoms with Crippen LogP contribution in [0.2, 0.25) is 5.02 Å². The van der Waals surface area contributed by atoms with Crippen LogP contribution in [0.3, 0.4) is 0 Å². The van der Waals surface area contributed by atoms with Crippen LogP contribution in [0.5, 0.6) is 5.75 Å². The summed E-state index contributed by atoms with van der Waals surface area (Å²) in [6.07, 6.45) is 1.08. The number of anilines is 1. The normalized spacial score (nSPS) is 11.7. The quantitative estimate of drug-likeness (QED) is 0.485. The van der Waals surface area contributed by atoms with Gasteiger partial charge in [0.2, 0.25) is 0 Å². The van der Waals surface area contributed by atoms with Crippen molar-refractivity contribution in [1.82, 2.24) is 0 Å². The van der Waals surface area contributed by atoms with Crippen LogP contribution in [-0.2, 0) is 6.61 Å². The second kappa shape index (κ2) is 9.43. The van der Waals surface area contributed by atoms with Crippen molar-refractivity contribution in [3.8, 4) is 5.75 Å². The molecule has 0 spiro atoms. The standard InChI is InChI=1S/C24H24ClNO2/c1-3-17(2)19-9-12-21(13-10-19)26-24(27)22-15-20(25)11-14-23(22)28-16-18-7-5-4-6-8-18/h4-15,17H,3,16H2,1-2H3,(H,26,27)/t17-/m1/s1. The molecule has 0 unspecified atom stereocenters. The molecule has 3 aromatic carbocycles. The highest BCUT2D eigenvalue weighted by Crippen LogP contribution is 2.26. The molecular formula is C24H24ClNO2. The maximum atomic E-state index is 12.8. The maximum Gasteiger partial charge on any atom is 0.259 e. The van der Waals surface area contributed by atoms with Gasteiger partial charge in [-0.25, -0.2) is 0 Å². The summed E-state index contributed by atoms with van der Waals surface area (Å²) in [5, 5.41) is 3.42. The molecule has 1 atom stereocenters. The summed E-state index contributed by atoms with van der Waals surface area (Å²) in [6, 6.07) is 22.9. The van der Waals surface area contributed by atoms with Crippen molar-refractivity contribution in [2.45, 2.75) is 32.8 Å². The summed E-state index contributed by atoms with van der Waals surface area (Å²) in [4.78, 5) is 12.8. The van der Waals surface area contributed by atoms with E-state index in [1.54, 1.807) is 18.2 Å². The Morgan fingerprint density at radius 2 is 1.75 bits per heavy atom. The first-order valence-electron chi connectivity index (χ1n) is 9.44. The van der Waals surface area contributed by atoms with Crippen molar-refractivity contribution in [3.63, 3.8) is 0 Å². The highest BCUT2D eigenvalue weighted by Gasteiger charge is 2.14. The summed E-state index contributed by atoms with van der Waals surface area (Å²) in [7, 11) is 0. The third kappa shape index (κ3) is 5.14. The fourth-order valence-corrected chi connectivity index (χ4v) is 3.04. The number of carbonyl (C=O) groups excluding carboxylic acids is 1. The molecule has 0 saturated carbocycles. The number of carbonyl (C=O) groups is 1. The molecule has 0 fully saturated rings. The van der Waals surface area contributed by atoms with E-state index in [1.165, 1.54) is 5.56 Å². The number of nitrogens with one attached hydrogen (secondary N) is 1. The van der Waals surface area contributed by atoms with Crippen molar-refractivity contribution in [1.29, 1.82) is 0 Å². The van der Waals surface area contributed by atoms with Crippen LogP contribution >= 0.6 is 11.6 Å². The van der Waals surface area contributed by atoms with E-state index >= 15 is 0 Å². The van der Waals surface area contributed by atoms with Gasteiger partial charge >= 0.3 is 0 Å². The van der Waals surface area contributed by atoms with Gasteiger partial charge in [-0.05, 0) is 53.8 Å². The molecule has 0 bridgehead atoms. The van der Waals surface area contributed by atoms with Crippen molar-refractivity contribution >= 4 is 23.2 Å². The van der Waals surface area contributed by atoms with E-state index in [4.69, 9.17) is 16.3 Å². The molecule has 0 aliphatic carbocycles. The lowest BCUT2D eigenvalue weighted by molar-refractivity contribution is 0.102. The van der Waals surface area contributed by atoms with Crippen molar-refractivity contribution < 1.29 is 9.53 Å². The molecule has 0 saturated heterocycles. The molecular weight excluding hydrogens is 370 g/mol. The predicted molar refractivity (Wildman–Crippen MR) is 115 cm³/mol. The lowest BCUT2D eigenvalue weighted by Crippen LogP contribution is -2.14. The molecule has 3 nitrogen and oxygen atoms in total. The van der Waals surface area contributed by atoms with Gasteiger partial charge in [-0.2, -0.15) is 0 Å². The van der Waals surface area contributed by atoms with Crippen molar-refractivity contribution in [3.05, 3.63) is 94.5 Å². The fourth-order valence-electron chi connectivity index (χ4n) is 2.87. The number of ether oxygens (including phenoxy) is 1. The third-order valence-corrected chi connectivity index (χ3v) is 5.01. The average molecular weight is 394 g/mol. The minimum absolute atomic E-state index is 0.248. The van der Waals surface area contributed by atoms with Crippen LogP contribution < -0.4 is 10.1 Å². The largest absolute Gasteiger partial charge is 0.488 e. The summed E-state index contributed by atoms with van der Waals surface area (Å²) in [5.74, 6) is 0.750. The Bertz CT molecular complexity index is 923. The molecule has 0 aromatic heterocycles. The fraction of sp³-hybridized carbons (Fsp3) is 0.208. The Morgan fingerprint density at radius 3 is 2.43 bits per heavy atom. The van der Waals surface area contributed by atoms with Gasteiger partial charge in [0.05, 0.1) is 5.56 Å². The molecule has 3 rings (SSSR count). The van der Waals surface area contributed by atoms with E-state index in [0.29, 0.717) is 28.9 Å². The molecule has 28 heavy (non-hydrogen) atoms. The van der Waals surface area contributed by atoms with Crippen molar-refractivity contribution in [2.24, 2.45) is 0 Å². The van der Waals surface area contributed by atoms with Crippen LogP contribution in [-0.4, -0.2) is 5.91 Å². The number of hydrogen-bond donors (Lipinski definition) is 1. The minimum Gasteiger partial charge on any atom is -0.488 e. The van der Waals surface area contributed by atoms with Gasteiger partial charge in [0, 0.05) is 10.7 Å². The number of amides is 1. The third-order valence-electron chi connectivity index (χ3n) is 4.77. The second-order valence-electron chi connectivity index (χ2n) is 6.80. The zero-order valence-electron chi connectivity index (χ0n) is 16.1.